The highest BCUT2D eigenvalue weighted by Crippen LogP contribution is 2.23. The van der Waals surface area contributed by atoms with Gasteiger partial charge in [0.05, 0.1) is 0 Å². The number of imidazole rings is 1. The third-order valence-corrected chi connectivity index (χ3v) is 6.24. The first-order valence-corrected chi connectivity index (χ1v) is 11.2. The summed E-state index contributed by atoms with van der Waals surface area (Å²) in [6.07, 6.45) is 1.49. The van der Waals surface area contributed by atoms with Gasteiger partial charge in [0, 0.05) is 38.7 Å². The molecule has 0 spiro atoms. The molecule has 0 aliphatic heterocycles. The zero-order valence-electron chi connectivity index (χ0n) is 17.1. The van der Waals surface area contributed by atoms with Crippen LogP contribution in [0.1, 0.15) is 29.3 Å². The van der Waals surface area contributed by atoms with Crippen LogP contribution in [0, 0.1) is 6.92 Å². The van der Waals surface area contributed by atoms with Crippen molar-refractivity contribution in [3.8, 4) is 0 Å². The van der Waals surface area contributed by atoms with Gasteiger partial charge in [-0.25, -0.2) is 18.1 Å². The molecule has 8 heteroatoms. The van der Waals surface area contributed by atoms with E-state index in [9.17, 15) is 13.2 Å². The smallest absolute Gasteiger partial charge is 0.259 e. The highest BCUT2D eigenvalue weighted by atomic mass is 32.2. The van der Waals surface area contributed by atoms with Gasteiger partial charge in [0.2, 0.25) is 5.91 Å². The highest BCUT2D eigenvalue weighted by molar-refractivity contribution is 7.89. The summed E-state index contributed by atoms with van der Waals surface area (Å²) in [5, 5.41) is 2.88. The molecule has 7 nitrogen and oxygen atoms in total. The van der Waals surface area contributed by atoms with Gasteiger partial charge in [-0.05, 0) is 18.1 Å². The predicted molar refractivity (Wildman–Crippen MR) is 115 cm³/mol. The summed E-state index contributed by atoms with van der Waals surface area (Å²) < 4.78 is 28.7. The van der Waals surface area contributed by atoms with Crippen molar-refractivity contribution < 1.29 is 13.2 Å². The van der Waals surface area contributed by atoms with E-state index >= 15 is 0 Å². The molecule has 1 heterocycles. The first kappa shape index (κ1) is 21.7. The Morgan fingerprint density at radius 3 is 2.10 bits per heavy atom. The number of benzene rings is 2. The van der Waals surface area contributed by atoms with Crippen molar-refractivity contribution in [2.75, 3.05) is 13.1 Å². The van der Waals surface area contributed by atoms with Crippen molar-refractivity contribution in [3.05, 3.63) is 83.8 Å². The van der Waals surface area contributed by atoms with Gasteiger partial charge >= 0.3 is 0 Å². The van der Waals surface area contributed by atoms with Gasteiger partial charge in [0.15, 0.2) is 5.03 Å². The van der Waals surface area contributed by atoms with Gasteiger partial charge in [-0.1, -0.05) is 60.7 Å². The Kier molecular flexibility index (Phi) is 7.02. The molecule has 2 aromatic carbocycles. The van der Waals surface area contributed by atoms with Crippen LogP contribution in [-0.4, -0.2) is 37.0 Å². The maximum atomic E-state index is 12.3. The highest BCUT2D eigenvalue weighted by Gasteiger charge is 2.19. The number of hydrogen-bond acceptors (Lipinski definition) is 4. The van der Waals surface area contributed by atoms with Crippen molar-refractivity contribution in [2.24, 2.45) is 7.05 Å². The summed E-state index contributed by atoms with van der Waals surface area (Å²) in [5.41, 5.74) is 2.21. The average molecular weight is 427 g/mol. The van der Waals surface area contributed by atoms with Crippen LogP contribution in [0.25, 0.3) is 0 Å². The molecule has 158 valence electrons. The van der Waals surface area contributed by atoms with E-state index in [0.29, 0.717) is 12.4 Å². The van der Waals surface area contributed by atoms with Gasteiger partial charge < -0.3 is 9.88 Å². The van der Waals surface area contributed by atoms with Gasteiger partial charge in [0.25, 0.3) is 10.0 Å². The van der Waals surface area contributed by atoms with Crippen LogP contribution in [0.4, 0.5) is 0 Å². The van der Waals surface area contributed by atoms with Crippen LogP contribution in [0.2, 0.25) is 0 Å². The Hall–Kier alpha value is -2.97. The Balaban J connectivity index is 1.56. The van der Waals surface area contributed by atoms with Crippen LogP contribution >= 0.6 is 0 Å². The molecule has 30 heavy (non-hydrogen) atoms. The summed E-state index contributed by atoms with van der Waals surface area (Å²) in [6.45, 7) is 2.16. The van der Waals surface area contributed by atoms with Crippen LogP contribution in [0.15, 0.2) is 71.9 Å². The van der Waals surface area contributed by atoms with Gasteiger partial charge in [0.1, 0.15) is 5.82 Å². The largest absolute Gasteiger partial charge is 0.355 e. The molecule has 0 saturated carbocycles. The zero-order chi connectivity index (χ0) is 21.6. The minimum atomic E-state index is -3.74. The summed E-state index contributed by atoms with van der Waals surface area (Å²) >= 11 is 0. The molecule has 0 unspecified atom stereocenters. The first-order valence-electron chi connectivity index (χ1n) is 9.73. The summed E-state index contributed by atoms with van der Waals surface area (Å²) in [4.78, 5) is 16.3. The van der Waals surface area contributed by atoms with E-state index in [0.717, 1.165) is 11.1 Å². The molecule has 1 aromatic heterocycles. The quantitative estimate of drug-likeness (QED) is 0.549. The Morgan fingerprint density at radius 2 is 1.60 bits per heavy atom. The fourth-order valence-corrected chi connectivity index (χ4v) is 4.20. The fraction of sp³-hybridized carbons (Fsp3) is 0.273. The molecule has 1 amide bonds. The van der Waals surface area contributed by atoms with Crippen molar-refractivity contribution in [1.82, 2.24) is 19.6 Å². The zero-order valence-corrected chi connectivity index (χ0v) is 17.9. The summed E-state index contributed by atoms with van der Waals surface area (Å²) in [5.74, 6) is 0.400. The minimum absolute atomic E-state index is 0.00509. The number of rotatable bonds is 9. The van der Waals surface area contributed by atoms with Gasteiger partial charge in [-0.15, -0.1) is 0 Å². The number of aryl methyl sites for hydroxylation is 2. The molecular formula is C22H26N4O3S. The third kappa shape index (κ3) is 5.55. The molecule has 0 radical (unpaired) electrons. The second-order valence-corrected chi connectivity index (χ2v) is 8.78. The van der Waals surface area contributed by atoms with Gasteiger partial charge in [-0.2, -0.15) is 0 Å². The molecular weight excluding hydrogens is 400 g/mol. The molecule has 3 aromatic rings. The lowest BCUT2D eigenvalue weighted by molar-refractivity contribution is -0.120. The molecule has 3 rings (SSSR count). The normalized spacial score (nSPS) is 11.6. The van der Waals surface area contributed by atoms with E-state index in [1.54, 1.807) is 18.5 Å². The van der Waals surface area contributed by atoms with E-state index in [1.165, 1.54) is 6.20 Å². The first-order chi connectivity index (χ1) is 14.4. The molecule has 0 aliphatic carbocycles. The van der Waals surface area contributed by atoms with E-state index in [1.807, 2.05) is 60.7 Å². The molecule has 0 saturated heterocycles. The number of carbonyl (C=O) groups excluding carboxylic acids is 1. The molecule has 0 aliphatic rings. The number of amides is 1. The maximum Gasteiger partial charge on any atom is 0.259 e. The standard InChI is InChI=1S/C22H26N4O3S/c1-17-25-22(16-26(17)2)30(28,29)24-14-13-21(27)23-15-20(18-9-5-3-6-10-18)19-11-7-4-8-12-19/h3-12,16,20,24H,13-15H2,1-2H3,(H,23,27). The van der Waals surface area contributed by atoms with E-state index in [-0.39, 0.29) is 29.8 Å². The Labute approximate surface area is 177 Å². The minimum Gasteiger partial charge on any atom is -0.355 e. The average Bonchev–Trinajstić information content (AvgIpc) is 3.09. The molecule has 2 N–H and O–H groups in total. The van der Waals surface area contributed by atoms with Gasteiger partial charge in [-0.3, -0.25) is 4.79 Å². The summed E-state index contributed by atoms with van der Waals surface area (Å²) in [7, 11) is -2.01. The van der Waals surface area contributed by atoms with Crippen LogP contribution in [0.3, 0.4) is 0 Å². The lowest BCUT2D eigenvalue weighted by Gasteiger charge is -2.19. The van der Waals surface area contributed by atoms with E-state index in [2.05, 4.69) is 15.0 Å². The number of hydrogen-bond donors (Lipinski definition) is 2. The van der Waals surface area contributed by atoms with Crippen LogP contribution in [0.5, 0.6) is 0 Å². The Bertz CT molecular complexity index is 1020. The number of nitrogens with zero attached hydrogens (tertiary/aromatic N) is 2. The van der Waals surface area contributed by atoms with E-state index < -0.39 is 10.0 Å². The van der Waals surface area contributed by atoms with Crippen molar-refractivity contribution >= 4 is 15.9 Å². The molecule has 0 atom stereocenters. The molecule has 0 bridgehead atoms. The number of aromatic nitrogens is 2. The third-order valence-electron chi connectivity index (χ3n) is 4.91. The SMILES string of the molecule is Cc1nc(S(=O)(=O)NCCC(=O)NCC(c2ccccc2)c2ccccc2)cn1C. The summed E-state index contributed by atoms with van der Waals surface area (Å²) in [6, 6.07) is 19.9. The van der Waals surface area contributed by atoms with Crippen molar-refractivity contribution in [2.45, 2.75) is 24.3 Å². The predicted octanol–water partition coefficient (Wildman–Crippen LogP) is 2.35. The second-order valence-electron chi connectivity index (χ2n) is 7.06. The lowest BCUT2D eigenvalue weighted by Crippen LogP contribution is -2.33. The Morgan fingerprint density at radius 1 is 1.03 bits per heavy atom. The molecule has 0 fully saturated rings. The number of carbonyl (C=O) groups is 1. The van der Waals surface area contributed by atoms with Crippen LogP contribution < -0.4 is 10.0 Å². The van der Waals surface area contributed by atoms with Crippen LogP contribution in [-0.2, 0) is 21.9 Å². The topological polar surface area (TPSA) is 93.1 Å². The number of sulfonamides is 1. The second kappa shape index (κ2) is 9.69. The fourth-order valence-electron chi connectivity index (χ4n) is 3.13. The maximum absolute atomic E-state index is 12.3. The van der Waals surface area contributed by atoms with Crippen molar-refractivity contribution in [3.63, 3.8) is 0 Å². The lowest BCUT2D eigenvalue weighted by atomic mass is 9.91. The monoisotopic (exact) mass is 426 g/mol. The van der Waals surface area contributed by atoms with E-state index in [4.69, 9.17) is 0 Å². The number of nitrogens with one attached hydrogen (secondary N) is 2. The van der Waals surface area contributed by atoms with Crippen molar-refractivity contribution in [1.29, 1.82) is 0 Å².